The Morgan fingerprint density at radius 1 is 1.38 bits per heavy atom. The van der Waals surface area contributed by atoms with Gasteiger partial charge in [0.05, 0.1) is 6.54 Å². The van der Waals surface area contributed by atoms with Gasteiger partial charge in [0.1, 0.15) is 0 Å². The molecule has 1 aromatic carbocycles. The van der Waals surface area contributed by atoms with Crippen LogP contribution in [0.4, 0.5) is 11.4 Å². The van der Waals surface area contributed by atoms with Gasteiger partial charge in [0, 0.05) is 20.7 Å². The lowest BCUT2D eigenvalue weighted by atomic mass is 10.2. The molecule has 0 spiro atoms. The van der Waals surface area contributed by atoms with Crippen LogP contribution in [0.2, 0.25) is 0 Å². The Balaban J connectivity index is 2.05. The Hall–Kier alpha value is -1.00. The number of nitrogen functional groups attached to an aromatic ring is 1. The molecule has 0 fully saturated rings. The standard InChI is InChI=1S/C12H13BrN2S/c1-8-2-3-9(6-11(8)14)15-7-12-10(13)4-5-16-12/h2-6,15H,7,14H2,1H3. The summed E-state index contributed by atoms with van der Waals surface area (Å²) < 4.78 is 1.16. The van der Waals surface area contributed by atoms with Gasteiger partial charge in [-0.05, 0) is 52.0 Å². The van der Waals surface area contributed by atoms with E-state index in [-0.39, 0.29) is 0 Å². The van der Waals surface area contributed by atoms with Crippen LogP contribution in [-0.4, -0.2) is 0 Å². The van der Waals surface area contributed by atoms with Gasteiger partial charge in [-0.2, -0.15) is 0 Å². The molecule has 0 amide bonds. The van der Waals surface area contributed by atoms with E-state index in [1.807, 2.05) is 25.1 Å². The number of hydrogen-bond donors (Lipinski definition) is 2. The highest BCUT2D eigenvalue weighted by atomic mass is 79.9. The van der Waals surface area contributed by atoms with Gasteiger partial charge in [-0.25, -0.2) is 0 Å². The van der Waals surface area contributed by atoms with Crippen molar-refractivity contribution in [2.24, 2.45) is 0 Å². The quantitative estimate of drug-likeness (QED) is 0.840. The number of nitrogens with one attached hydrogen (secondary N) is 1. The minimum atomic E-state index is 0.820. The Kier molecular flexibility index (Phi) is 3.51. The maximum atomic E-state index is 5.85. The first-order valence-electron chi connectivity index (χ1n) is 4.98. The first kappa shape index (κ1) is 11.5. The Bertz CT molecular complexity index is 494. The number of hydrogen-bond acceptors (Lipinski definition) is 3. The van der Waals surface area contributed by atoms with Crippen molar-refractivity contribution in [3.8, 4) is 0 Å². The zero-order valence-electron chi connectivity index (χ0n) is 8.96. The molecule has 0 aliphatic carbocycles. The maximum Gasteiger partial charge on any atom is 0.0505 e. The molecule has 0 saturated carbocycles. The number of rotatable bonds is 3. The average Bonchev–Trinajstić information content (AvgIpc) is 2.66. The first-order valence-corrected chi connectivity index (χ1v) is 6.66. The predicted molar refractivity (Wildman–Crippen MR) is 74.9 cm³/mol. The van der Waals surface area contributed by atoms with Gasteiger partial charge in [0.2, 0.25) is 0 Å². The third-order valence-electron chi connectivity index (χ3n) is 2.42. The van der Waals surface area contributed by atoms with Gasteiger partial charge in [-0.3, -0.25) is 0 Å². The Morgan fingerprint density at radius 3 is 2.81 bits per heavy atom. The first-order chi connectivity index (χ1) is 7.66. The average molecular weight is 297 g/mol. The topological polar surface area (TPSA) is 38.0 Å². The van der Waals surface area contributed by atoms with Gasteiger partial charge in [0.25, 0.3) is 0 Å². The van der Waals surface area contributed by atoms with Crippen LogP contribution >= 0.6 is 27.3 Å². The van der Waals surface area contributed by atoms with Crippen molar-refractivity contribution in [1.29, 1.82) is 0 Å². The van der Waals surface area contributed by atoms with E-state index in [2.05, 4.69) is 32.7 Å². The van der Waals surface area contributed by atoms with E-state index in [0.717, 1.165) is 28.0 Å². The largest absolute Gasteiger partial charge is 0.398 e. The van der Waals surface area contributed by atoms with Crippen LogP contribution in [0, 0.1) is 6.92 Å². The third-order valence-corrected chi connectivity index (χ3v) is 4.35. The van der Waals surface area contributed by atoms with Crippen molar-refractivity contribution in [3.05, 3.63) is 44.6 Å². The van der Waals surface area contributed by atoms with Crippen molar-refractivity contribution < 1.29 is 0 Å². The Labute approximate surface area is 108 Å². The summed E-state index contributed by atoms with van der Waals surface area (Å²) in [4.78, 5) is 1.29. The Morgan fingerprint density at radius 2 is 2.19 bits per heavy atom. The van der Waals surface area contributed by atoms with Crippen molar-refractivity contribution in [2.75, 3.05) is 11.1 Å². The summed E-state index contributed by atoms with van der Waals surface area (Å²) in [5.41, 5.74) is 8.85. The van der Waals surface area contributed by atoms with Crippen LogP contribution in [0.25, 0.3) is 0 Å². The van der Waals surface area contributed by atoms with E-state index in [9.17, 15) is 0 Å². The highest BCUT2D eigenvalue weighted by molar-refractivity contribution is 9.10. The molecule has 3 N–H and O–H groups in total. The summed E-state index contributed by atoms with van der Waals surface area (Å²) in [6, 6.07) is 8.11. The van der Waals surface area contributed by atoms with Crippen LogP contribution in [-0.2, 0) is 6.54 Å². The molecule has 0 aliphatic heterocycles. The number of benzene rings is 1. The van der Waals surface area contributed by atoms with E-state index in [1.165, 1.54) is 4.88 Å². The van der Waals surface area contributed by atoms with Gasteiger partial charge >= 0.3 is 0 Å². The van der Waals surface area contributed by atoms with Crippen molar-refractivity contribution in [1.82, 2.24) is 0 Å². The normalized spacial score (nSPS) is 10.4. The fourth-order valence-corrected chi connectivity index (χ4v) is 2.82. The molecule has 0 radical (unpaired) electrons. The van der Waals surface area contributed by atoms with E-state index >= 15 is 0 Å². The molecule has 0 atom stereocenters. The van der Waals surface area contributed by atoms with Crippen LogP contribution in [0.3, 0.4) is 0 Å². The lowest BCUT2D eigenvalue weighted by molar-refractivity contribution is 1.18. The van der Waals surface area contributed by atoms with Crippen molar-refractivity contribution >= 4 is 38.6 Å². The lowest BCUT2D eigenvalue weighted by Gasteiger charge is -2.07. The summed E-state index contributed by atoms with van der Waals surface area (Å²) in [7, 11) is 0. The van der Waals surface area contributed by atoms with E-state index in [4.69, 9.17) is 5.73 Å². The number of nitrogens with two attached hydrogens (primary N) is 1. The number of halogens is 1. The number of aryl methyl sites for hydroxylation is 1. The molecular weight excluding hydrogens is 284 g/mol. The molecule has 16 heavy (non-hydrogen) atoms. The van der Waals surface area contributed by atoms with E-state index in [0.29, 0.717) is 0 Å². The second-order valence-corrected chi connectivity index (χ2v) is 5.47. The minimum Gasteiger partial charge on any atom is -0.398 e. The second-order valence-electron chi connectivity index (χ2n) is 3.62. The fourth-order valence-electron chi connectivity index (χ4n) is 1.38. The van der Waals surface area contributed by atoms with Gasteiger partial charge < -0.3 is 11.1 Å². The summed E-state index contributed by atoms with van der Waals surface area (Å²) in [6.45, 7) is 2.83. The zero-order chi connectivity index (χ0) is 11.5. The van der Waals surface area contributed by atoms with Gasteiger partial charge in [0.15, 0.2) is 0 Å². The molecule has 0 saturated heterocycles. The molecule has 0 bridgehead atoms. The maximum absolute atomic E-state index is 5.85. The molecule has 0 unspecified atom stereocenters. The summed E-state index contributed by atoms with van der Waals surface area (Å²) in [5.74, 6) is 0. The second kappa shape index (κ2) is 4.89. The van der Waals surface area contributed by atoms with Crippen LogP contribution in [0.15, 0.2) is 34.1 Å². The van der Waals surface area contributed by atoms with Crippen molar-refractivity contribution in [3.63, 3.8) is 0 Å². The highest BCUT2D eigenvalue weighted by Crippen LogP contribution is 2.24. The van der Waals surface area contributed by atoms with E-state index in [1.54, 1.807) is 11.3 Å². The molecule has 0 aliphatic rings. The minimum absolute atomic E-state index is 0.820. The molecule has 84 valence electrons. The highest BCUT2D eigenvalue weighted by Gasteiger charge is 2.01. The number of thiophene rings is 1. The monoisotopic (exact) mass is 296 g/mol. The van der Waals surface area contributed by atoms with Gasteiger partial charge in [-0.1, -0.05) is 6.07 Å². The molecule has 2 nitrogen and oxygen atoms in total. The van der Waals surface area contributed by atoms with Crippen molar-refractivity contribution in [2.45, 2.75) is 13.5 Å². The molecule has 1 heterocycles. The predicted octanol–water partition coefficient (Wildman–Crippen LogP) is 4.01. The SMILES string of the molecule is Cc1ccc(NCc2sccc2Br)cc1N. The summed E-state index contributed by atoms with van der Waals surface area (Å²) in [5, 5.41) is 5.43. The zero-order valence-corrected chi connectivity index (χ0v) is 11.4. The van der Waals surface area contributed by atoms with Crippen LogP contribution in [0.5, 0.6) is 0 Å². The van der Waals surface area contributed by atoms with E-state index < -0.39 is 0 Å². The lowest BCUT2D eigenvalue weighted by Crippen LogP contribution is -1.99. The summed E-state index contributed by atoms with van der Waals surface area (Å²) in [6.07, 6.45) is 0. The molecular formula is C12H13BrN2S. The molecule has 1 aromatic heterocycles. The van der Waals surface area contributed by atoms with Crippen LogP contribution < -0.4 is 11.1 Å². The number of anilines is 2. The van der Waals surface area contributed by atoms with Crippen LogP contribution in [0.1, 0.15) is 10.4 Å². The molecule has 2 rings (SSSR count). The summed E-state index contributed by atoms with van der Waals surface area (Å²) >= 11 is 5.25. The molecule has 2 aromatic rings. The molecule has 4 heteroatoms. The fraction of sp³-hybridized carbons (Fsp3) is 0.167. The van der Waals surface area contributed by atoms with Gasteiger partial charge in [-0.15, -0.1) is 11.3 Å². The third kappa shape index (κ3) is 2.57. The smallest absolute Gasteiger partial charge is 0.0505 e.